The van der Waals surface area contributed by atoms with Gasteiger partial charge in [-0.1, -0.05) is 23.4 Å². The Morgan fingerprint density at radius 1 is 1.20 bits per heavy atom. The second-order valence-corrected chi connectivity index (χ2v) is 7.77. The van der Waals surface area contributed by atoms with E-state index in [9.17, 15) is 14.7 Å². The first-order valence-electron chi connectivity index (χ1n) is 11.0. The molecule has 1 amide bonds. The topological polar surface area (TPSA) is 168 Å². The summed E-state index contributed by atoms with van der Waals surface area (Å²) < 4.78 is 10.2. The standard InChI is InChI=1S/C23H25N7O5/c1-13-12-18(34-2)27-23(33)19(13)21-26-17(35-30-21)9-8-16(31)24-10-5-11-25-20-14-6-3-4-7-15(14)22(32)29-28-20/h3-4,6-7,12H,5,8-11H2,1-2H3,(H,24,31)(H,25,28)(H,27,33)(H,29,32). The molecule has 3 aromatic heterocycles. The molecule has 35 heavy (non-hydrogen) atoms. The minimum absolute atomic E-state index is 0.150. The van der Waals surface area contributed by atoms with Gasteiger partial charge in [-0.15, -0.1) is 0 Å². The van der Waals surface area contributed by atoms with Crippen molar-refractivity contribution in [3.8, 4) is 23.1 Å². The van der Waals surface area contributed by atoms with Gasteiger partial charge in [0.05, 0.1) is 18.1 Å². The van der Waals surface area contributed by atoms with E-state index in [1.54, 1.807) is 25.1 Å². The third-order valence-corrected chi connectivity index (χ3v) is 5.31. The second kappa shape index (κ2) is 10.6. The number of hydrogen-bond acceptors (Lipinski definition) is 10. The van der Waals surface area contributed by atoms with Crippen LogP contribution in [-0.2, 0) is 11.2 Å². The Morgan fingerprint density at radius 3 is 2.77 bits per heavy atom. The molecule has 0 aliphatic rings. The number of aromatic hydroxyl groups is 1. The van der Waals surface area contributed by atoms with E-state index in [0.717, 1.165) is 5.39 Å². The van der Waals surface area contributed by atoms with Crippen LogP contribution in [0.4, 0.5) is 5.82 Å². The molecule has 182 valence electrons. The first-order valence-corrected chi connectivity index (χ1v) is 11.0. The van der Waals surface area contributed by atoms with E-state index in [2.05, 4.69) is 36.0 Å². The van der Waals surface area contributed by atoms with Crippen molar-refractivity contribution < 1.29 is 19.2 Å². The summed E-state index contributed by atoms with van der Waals surface area (Å²) in [5, 5.41) is 27.9. The number of anilines is 1. The molecule has 0 unspecified atom stereocenters. The zero-order chi connectivity index (χ0) is 24.8. The highest BCUT2D eigenvalue weighted by atomic mass is 16.5. The number of nitrogens with zero attached hydrogens (tertiary/aromatic N) is 4. The van der Waals surface area contributed by atoms with Crippen LogP contribution in [0.3, 0.4) is 0 Å². The molecule has 12 nitrogen and oxygen atoms in total. The lowest BCUT2D eigenvalue weighted by atomic mass is 10.1. The molecule has 12 heteroatoms. The van der Waals surface area contributed by atoms with Crippen LogP contribution in [0.25, 0.3) is 22.2 Å². The highest BCUT2D eigenvalue weighted by Crippen LogP contribution is 2.31. The molecular weight excluding hydrogens is 454 g/mol. The van der Waals surface area contributed by atoms with Gasteiger partial charge < -0.3 is 25.0 Å². The van der Waals surface area contributed by atoms with Gasteiger partial charge in [-0.25, -0.2) is 5.10 Å². The van der Waals surface area contributed by atoms with E-state index in [-0.39, 0.29) is 47.8 Å². The van der Waals surface area contributed by atoms with E-state index in [0.29, 0.717) is 41.8 Å². The molecular formula is C23H25N7O5. The number of H-pyrrole nitrogens is 1. The van der Waals surface area contributed by atoms with Crippen molar-refractivity contribution in [2.24, 2.45) is 0 Å². The summed E-state index contributed by atoms with van der Waals surface area (Å²) in [4.78, 5) is 32.2. The van der Waals surface area contributed by atoms with Crippen molar-refractivity contribution in [3.63, 3.8) is 0 Å². The van der Waals surface area contributed by atoms with Crippen LogP contribution in [-0.4, -0.2) is 56.5 Å². The molecule has 0 spiro atoms. The molecule has 0 radical (unpaired) electrons. The lowest BCUT2D eigenvalue weighted by Gasteiger charge is -2.08. The predicted molar refractivity (Wildman–Crippen MR) is 127 cm³/mol. The third-order valence-electron chi connectivity index (χ3n) is 5.31. The molecule has 0 fully saturated rings. The minimum atomic E-state index is -0.259. The summed E-state index contributed by atoms with van der Waals surface area (Å²) in [6, 6.07) is 8.87. The molecule has 4 aromatic rings. The first kappa shape index (κ1) is 23.7. The Labute approximate surface area is 199 Å². The smallest absolute Gasteiger partial charge is 0.272 e. The van der Waals surface area contributed by atoms with Crippen LogP contribution < -0.4 is 20.9 Å². The van der Waals surface area contributed by atoms with Crippen molar-refractivity contribution in [3.05, 3.63) is 52.1 Å². The molecule has 3 heterocycles. The number of amides is 1. The van der Waals surface area contributed by atoms with Gasteiger partial charge in [-0.2, -0.15) is 15.1 Å². The molecule has 1 aromatic carbocycles. The lowest BCUT2D eigenvalue weighted by molar-refractivity contribution is -0.121. The average Bonchev–Trinajstić information content (AvgIpc) is 3.32. The fourth-order valence-corrected chi connectivity index (χ4v) is 3.55. The first-order chi connectivity index (χ1) is 17.0. The minimum Gasteiger partial charge on any atom is -0.493 e. The van der Waals surface area contributed by atoms with Crippen molar-refractivity contribution in [1.82, 2.24) is 30.6 Å². The zero-order valence-corrected chi connectivity index (χ0v) is 19.3. The lowest BCUT2D eigenvalue weighted by Crippen LogP contribution is -2.26. The molecule has 0 aliphatic heterocycles. The average molecular weight is 479 g/mol. The normalized spacial score (nSPS) is 10.9. The van der Waals surface area contributed by atoms with E-state index in [4.69, 9.17) is 9.26 Å². The number of aromatic amines is 1. The Morgan fingerprint density at radius 2 is 2.00 bits per heavy atom. The molecule has 0 aliphatic carbocycles. The molecule has 0 bridgehead atoms. The Hall–Kier alpha value is -4.48. The highest BCUT2D eigenvalue weighted by Gasteiger charge is 2.18. The number of aryl methyl sites for hydroxylation is 2. The van der Waals surface area contributed by atoms with Crippen LogP contribution in [0.5, 0.6) is 11.8 Å². The number of benzene rings is 1. The number of ether oxygens (including phenoxy) is 1. The molecule has 0 atom stereocenters. The molecule has 0 saturated heterocycles. The summed E-state index contributed by atoms with van der Waals surface area (Å²) in [7, 11) is 1.46. The summed E-state index contributed by atoms with van der Waals surface area (Å²) in [5.74, 6) is 0.935. The van der Waals surface area contributed by atoms with Gasteiger partial charge >= 0.3 is 0 Å². The van der Waals surface area contributed by atoms with Crippen molar-refractivity contribution >= 4 is 22.5 Å². The number of methoxy groups -OCH3 is 1. The number of fused-ring (bicyclic) bond motifs is 1. The second-order valence-electron chi connectivity index (χ2n) is 7.77. The largest absolute Gasteiger partial charge is 0.493 e. The monoisotopic (exact) mass is 479 g/mol. The van der Waals surface area contributed by atoms with Gasteiger partial charge in [0.25, 0.3) is 5.56 Å². The number of rotatable bonds is 10. The number of carbonyl (C=O) groups excluding carboxylic acids is 1. The number of hydrogen-bond donors (Lipinski definition) is 4. The Kier molecular flexibility index (Phi) is 7.19. The van der Waals surface area contributed by atoms with E-state index < -0.39 is 0 Å². The van der Waals surface area contributed by atoms with Gasteiger partial charge in [-0.3, -0.25) is 9.59 Å². The highest BCUT2D eigenvalue weighted by molar-refractivity contribution is 5.90. The van der Waals surface area contributed by atoms with Crippen molar-refractivity contribution in [2.75, 3.05) is 25.5 Å². The van der Waals surface area contributed by atoms with Crippen LogP contribution in [0.2, 0.25) is 0 Å². The Balaban J connectivity index is 1.22. The number of pyridine rings is 1. The van der Waals surface area contributed by atoms with E-state index >= 15 is 0 Å². The quantitative estimate of drug-likeness (QED) is 0.247. The van der Waals surface area contributed by atoms with Gasteiger partial charge in [-0.05, 0) is 25.0 Å². The summed E-state index contributed by atoms with van der Waals surface area (Å²) >= 11 is 0. The molecule has 0 saturated carbocycles. The molecule has 4 N–H and O–H groups in total. The van der Waals surface area contributed by atoms with Crippen LogP contribution in [0, 0.1) is 6.92 Å². The van der Waals surface area contributed by atoms with Gasteiger partial charge in [0.1, 0.15) is 0 Å². The fourth-order valence-electron chi connectivity index (χ4n) is 3.55. The summed E-state index contributed by atoms with van der Waals surface area (Å²) in [5.41, 5.74) is 0.792. The predicted octanol–water partition coefficient (Wildman–Crippen LogP) is 1.94. The SMILES string of the molecule is COc1cc(C)c(-c2noc(CCC(=O)NCCCNc3n[nH]c(=O)c4ccccc34)n2)c(O)n1. The zero-order valence-electron chi connectivity index (χ0n) is 19.3. The van der Waals surface area contributed by atoms with Crippen LogP contribution >= 0.6 is 0 Å². The Bertz CT molecular complexity index is 1380. The van der Waals surface area contributed by atoms with Gasteiger partial charge in [0, 0.05) is 37.4 Å². The van der Waals surface area contributed by atoms with E-state index in [1.165, 1.54) is 7.11 Å². The fraction of sp³-hybridized carbons (Fsp3) is 0.304. The van der Waals surface area contributed by atoms with Gasteiger partial charge in [0.15, 0.2) is 5.82 Å². The van der Waals surface area contributed by atoms with E-state index in [1.807, 2.05) is 12.1 Å². The van der Waals surface area contributed by atoms with Crippen molar-refractivity contribution in [2.45, 2.75) is 26.2 Å². The van der Waals surface area contributed by atoms with Gasteiger partial charge in [0.2, 0.25) is 29.4 Å². The third kappa shape index (κ3) is 5.54. The maximum Gasteiger partial charge on any atom is 0.272 e. The number of aromatic nitrogens is 5. The number of carbonyl (C=O) groups is 1. The van der Waals surface area contributed by atoms with Crippen LogP contribution in [0.15, 0.2) is 39.6 Å². The summed E-state index contributed by atoms with van der Waals surface area (Å²) in [6.45, 7) is 2.80. The maximum absolute atomic E-state index is 12.2. The summed E-state index contributed by atoms with van der Waals surface area (Å²) in [6.07, 6.45) is 1.09. The number of nitrogens with one attached hydrogen (secondary N) is 3. The molecule has 4 rings (SSSR count). The van der Waals surface area contributed by atoms with Crippen LogP contribution in [0.1, 0.15) is 24.3 Å². The maximum atomic E-state index is 12.2. The van der Waals surface area contributed by atoms with Crippen molar-refractivity contribution in [1.29, 1.82) is 0 Å².